The number of nitrogens with zero attached hydrogens (tertiary/aromatic N) is 3. The van der Waals surface area contributed by atoms with Crippen LogP contribution in [0.1, 0.15) is 27.4 Å². The molecule has 25 heavy (non-hydrogen) atoms. The van der Waals surface area contributed by atoms with Gasteiger partial charge in [-0.3, -0.25) is 9.69 Å². The first-order valence-electron chi connectivity index (χ1n) is 8.53. The van der Waals surface area contributed by atoms with Crippen LogP contribution in [0.15, 0.2) is 39.5 Å². The lowest BCUT2D eigenvalue weighted by atomic mass is 10.1. The molecule has 3 aromatic rings. The summed E-state index contributed by atoms with van der Waals surface area (Å²) in [6.07, 6.45) is 1.57. The van der Waals surface area contributed by atoms with Crippen molar-refractivity contribution in [3.05, 3.63) is 53.1 Å². The molecule has 0 atom stereocenters. The topological polar surface area (TPSA) is 62.7 Å². The Morgan fingerprint density at radius 3 is 2.64 bits per heavy atom. The molecule has 0 radical (unpaired) electrons. The maximum atomic E-state index is 12.8. The Balaban J connectivity index is 1.42. The molecular weight excluding hydrogens is 318 g/mol. The van der Waals surface area contributed by atoms with Crippen LogP contribution in [0.2, 0.25) is 0 Å². The first kappa shape index (κ1) is 15.9. The summed E-state index contributed by atoms with van der Waals surface area (Å²) < 4.78 is 10.7. The summed E-state index contributed by atoms with van der Waals surface area (Å²) in [5, 5.41) is 4.89. The van der Waals surface area contributed by atoms with Crippen LogP contribution < -0.4 is 0 Å². The van der Waals surface area contributed by atoms with Crippen LogP contribution in [0.4, 0.5) is 0 Å². The predicted octanol–water partition coefficient (Wildman–Crippen LogP) is 3.00. The fraction of sp³-hybridized carbons (Fsp3) is 0.368. The molecule has 1 aliphatic rings. The SMILES string of the molecule is Cc1noc(C)c1CN1CCN(C(=O)c2coc3ccccc23)CC1. The Morgan fingerprint density at radius 1 is 1.16 bits per heavy atom. The van der Waals surface area contributed by atoms with Crippen LogP contribution in [0.3, 0.4) is 0 Å². The average molecular weight is 339 g/mol. The van der Waals surface area contributed by atoms with Crippen LogP contribution >= 0.6 is 0 Å². The standard InChI is InChI=1S/C19H21N3O3/c1-13-16(14(2)25-20-13)11-21-7-9-22(10-8-21)19(23)17-12-24-18-6-4-3-5-15(17)18/h3-6,12H,7-11H2,1-2H3. The minimum atomic E-state index is 0.0435. The third-order valence-electron chi connectivity index (χ3n) is 4.93. The molecule has 6 nitrogen and oxygen atoms in total. The molecule has 1 aromatic carbocycles. The highest BCUT2D eigenvalue weighted by Crippen LogP contribution is 2.23. The summed E-state index contributed by atoms with van der Waals surface area (Å²) in [4.78, 5) is 17.1. The number of furan rings is 1. The molecule has 0 aliphatic carbocycles. The number of aromatic nitrogens is 1. The molecule has 0 unspecified atom stereocenters. The van der Waals surface area contributed by atoms with Gasteiger partial charge in [-0.15, -0.1) is 0 Å². The maximum absolute atomic E-state index is 12.8. The number of rotatable bonds is 3. The molecule has 2 aromatic heterocycles. The number of hydrogen-bond donors (Lipinski definition) is 0. The molecule has 0 saturated carbocycles. The third kappa shape index (κ3) is 2.93. The van der Waals surface area contributed by atoms with E-state index in [2.05, 4.69) is 10.1 Å². The van der Waals surface area contributed by atoms with Gasteiger partial charge >= 0.3 is 0 Å². The summed E-state index contributed by atoms with van der Waals surface area (Å²) >= 11 is 0. The zero-order valence-electron chi connectivity index (χ0n) is 14.5. The van der Waals surface area contributed by atoms with E-state index in [9.17, 15) is 4.79 Å². The second kappa shape index (κ2) is 6.37. The Bertz CT molecular complexity index is 884. The minimum Gasteiger partial charge on any atom is -0.463 e. The highest BCUT2D eigenvalue weighted by atomic mass is 16.5. The lowest BCUT2D eigenvalue weighted by Crippen LogP contribution is -2.48. The molecule has 6 heteroatoms. The van der Waals surface area contributed by atoms with Crippen LogP contribution in [-0.2, 0) is 6.54 Å². The van der Waals surface area contributed by atoms with Crippen LogP contribution in [0.25, 0.3) is 11.0 Å². The summed E-state index contributed by atoms with van der Waals surface area (Å²) in [6, 6.07) is 7.65. The molecule has 1 amide bonds. The molecule has 4 rings (SSSR count). The van der Waals surface area contributed by atoms with Gasteiger partial charge in [0.05, 0.1) is 11.3 Å². The highest BCUT2D eigenvalue weighted by Gasteiger charge is 2.25. The minimum absolute atomic E-state index is 0.0435. The average Bonchev–Trinajstić information content (AvgIpc) is 3.20. The van der Waals surface area contributed by atoms with E-state index in [1.54, 1.807) is 6.26 Å². The second-order valence-corrected chi connectivity index (χ2v) is 6.52. The first-order valence-corrected chi connectivity index (χ1v) is 8.53. The van der Waals surface area contributed by atoms with Gasteiger partial charge in [0, 0.05) is 43.7 Å². The van der Waals surface area contributed by atoms with E-state index in [1.165, 1.54) is 0 Å². The van der Waals surface area contributed by atoms with E-state index in [0.717, 1.165) is 47.6 Å². The van der Waals surface area contributed by atoms with Crippen molar-refractivity contribution in [3.8, 4) is 0 Å². The van der Waals surface area contributed by atoms with Crippen molar-refractivity contribution in [2.45, 2.75) is 20.4 Å². The number of amides is 1. The molecule has 1 fully saturated rings. The van der Waals surface area contributed by atoms with E-state index >= 15 is 0 Å². The van der Waals surface area contributed by atoms with Crippen LogP contribution in [0, 0.1) is 13.8 Å². The fourth-order valence-corrected chi connectivity index (χ4v) is 3.37. The first-order chi connectivity index (χ1) is 12.1. The molecular formula is C19H21N3O3. The van der Waals surface area contributed by atoms with Gasteiger partial charge in [-0.2, -0.15) is 0 Å². The fourth-order valence-electron chi connectivity index (χ4n) is 3.37. The van der Waals surface area contributed by atoms with Crippen molar-refractivity contribution in [2.24, 2.45) is 0 Å². The quantitative estimate of drug-likeness (QED) is 0.734. The lowest BCUT2D eigenvalue weighted by molar-refractivity contribution is 0.0628. The molecule has 3 heterocycles. The molecule has 0 bridgehead atoms. The van der Waals surface area contributed by atoms with Gasteiger partial charge in [-0.05, 0) is 19.9 Å². The number of para-hydroxylation sites is 1. The van der Waals surface area contributed by atoms with Gasteiger partial charge in [0.25, 0.3) is 5.91 Å². The number of fused-ring (bicyclic) bond motifs is 1. The molecule has 0 N–H and O–H groups in total. The molecule has 1 aliphatic heterocycles. The van der Waals surface area contributed by atoms with E-state index in [0.29, 0.717) is 18.7 Å². The predicted molar refractivity (Wildman–Crippen MR) is 93.4 cm³/mol. The number of hydrogen-bond acceptors (Lipinski definition) is 5. The molecule has 130 valence electrons. The van der Waals surface area contributed by atoms with Gasteiger partial charge in [0.2, 0.25) is 0 Å². The zero-order chi connectivity index (χ0) is 17.4. The molecule has 1 saturated heterocycles. The lowest BCUT2D eigenvalue weighted by Gasteiger charge is -2.34. The van der Waals surface area contributed by atoms with E-state index in [1.807, 2.05) is 43.0 Å². The van der Waals surface area contributed by atoms with E-state index in [4.69, 9.17) is 8.94 Å². The number of benzene rings is 1. The smallest absolute Gasteiger partial charge is 0.257 e. The summed E-state index contributed by atoms with van der Waals surface area (Å²) in [5.41, 5.74) is 3.50. The van der Waals surface area contributed by atoms with E-state index in [-0.39, 0.29) is 5.91 Å². The summed E-state index contributed by atoms with van der Waals surface area (Å²) in [7, 11) is 0. The maximum Gasteiger partial charge on any atom is 0.257 e. The Kier molecular flexibility index (Phi) is 4.05. The van der Waals surface area contributed by atoms with Gasteiger partial charge in [0.1, 0.15) is 17.6 Å². The summed E-state index contributed by atoms with van der Waals surface area (Å²) in [5.74, 6) is 0.919. The van der Waals surface area contributed by atoms with Gasteiger partial charge in [-0.1, -0.05) is 23.4 Å². The third-order valence-corrected chi connectivity index (χ3v) is 4.93. The Morgan fingerprint density at radius 2 is 1.92 bits per heavy atom. The number of carbonyl (C=O) groups excluding carboxylic acids is 1. The Labute approximate surface area is 146 Å². The van der Waals surface area contributed by atoms with Crippen LogP contribution in [0.5, 0.6) is 0 Å². The van der Waals surface area contributed by atoms with Crippen molar-refractivity contribution < 1.29 is 13.7 Å². The number of piperazine rings is 1. The Hall–Kier alpha value is -2.60. The normalized spacial score (nSPS) is 15.8. The number of aryl methyl sites for hydroxylation is 2. The van der Waals surface area contributed by atoms with Crippen molar-refractivity contribution in [2.75, 3.05) is 26.2 Å². The van der Waals surface area contributed by atoms with Gasteiger partial charge in [0.15, 0.2) is 0 Å². The number of carbonyl (C=O) groups is 1. The van der Waals surface area contributed by atoms with Crippen molar-refractivity contribution in [3.63, 3.8) is 0 Å². The highest BCUT2D eigenvalue weighted by molar-refractivity contribution is 6.05. The molecule has 0 spiro atoms. The van der Waals surface area contributed by atoms with Crippen molar-refractivity contribution in [1.82, 2.24) is 15.0 Å². The van der Waals surface area contributed by atoms with Crippen molar-refractivity contribution in [1.29, 1.82) is 0 Å². The van der Waals surface area contributed by atoms with Gasteiger partial charge in [-0.25, -0.2) is 0 Å². The largest absolute Gasteiger partial charge is 0.463 e. The van der Waals surface area contributed by atoms with Crippen LogP contribution in [-0.4, -0.2) is 47.0 Å². The second-order valence-electron chi connectivity index (χ2n) is 6.52. The van der Waals surface area contributed by atoms with E-state index < -0.39 is 0 Å². The summed E-state index contributed by atoms with van der Waals surface area (Å²) in [6.45, 7) is 7.83. The van der Waals surface area contributed by atoms with Crippen molar-refractivity contribution >= 4 is 16.9 Å². The monoisotopic (exact) mass is 339 g/mol. The van der Waals surface area contributed by atoms with Gasteiger partial charge < -0.3 is 13.8 Å². The zero-order valence-corrected chi connectivity index (χ0v) is 14.5.